The molecule has 1 N–H and O–H groups in total. The Balaban J connectivity index is 2.64. The average Bonchev–Trinajstić information content (AvgIpc) is 2.41. The van der Waals surface area contributed by atoms with Crippen molar-refractivity contribution < 1.29 is 19.1 Å². The minimum Gasteiger partial charge on any atom is -0.444 e. The van der Waals surface area contributed by atoms with E-state index in [4.69, 9.17) is 4.74 Å². The molecule has 0 spiro atoms. The molecular formula is C17H24N2O4. The maximum atomic E-state index is 11.8. The Morgan fingerprint density at radius 2 is 1.65 bits per heavy atom. The van der Waals surface area contributed by atoms with Crippen molar-refractivity contribution in [2.24, 2.45) is 0 Å². The lowest BCUT2D eigenvalue weighted by Gasteiger charge is -2.23. The van der Waals surface area contributed by atoms with Crippen LogP contribution in [0.15, 0.2) is 24.3 Å². The number of Topliss-reactive ketones (excluding diaryl/α,β-unsaturated/α-hetero) is 1. The van der Waals surface area contributed by atoms with Crippen molar-refractivity contribution in [2.75, 3.05) is 18.0 Å². The molecule has 1 aromatic rings. The second-order valence-electron chi connectivity index (χ2n) is 6.20. The predicted octanol–water partition coefficient (Wildman–Crippen LogP) is 2.77. The Morgan fingerprint density at radius 3 is 2.09 bits per heavy atom. The van der Waals surface area contributed by atoms with Gasteiger partial charge in [-0.05, 0) is 52.0 Å². The molecule has 0 bridgehead atoms. The van der Waals surface area contributed by atoms with Gasteiger partial charge in [0.2, 0.25) is 5.91 Å². The van der Waals surface area contributed by atoms with E-state index < -0.39 is 11.7 Å². The van der Waals surface area contributed by atoms with Crippen LogP contribution in [0, 0.1) is 0 Å². The summed E-state index contributed by atoms with van der Waals surface area (Å²) in [4.78, 5) is 36.2. The molecule has 6 heteroatoms. The highest BCUT2D eigenvalue weighted by Gasteiger charge is 2.17. The van der Waals surface area contributed by atoms with Crippen molar-refractivity contribution in [3.63, 3.8) is 0 Å². The van der Waals surface area contributed by atoms with E-state index >= 15 is 0 Å². The summed E-state index contributed by atoms with van der Waals surface area (Å²) < 4.78 is 5.14. The molecule has 0 aliphatic heterocycles. The highest BCUT2D eigenvalue weighted by molar-refractivity contribution is 5.96. The van der Waals surface area contributed by atoms with Crippen LogP contribution in [0.2, 0.25) is 0 Å². The van der Waals surface area contributed by atoms with Gasteiger partial charge in [-0.2, -0.15) is 0 Å². The molecule has 1 rings (SSSR count). The van der Waals surface area contributed by atoms with Gasteiger partial charge in [0, 0.05) is 31.3 Å². The fourth-order valence-electron chi connectivity index (χ4n) is 1.93. The molecule has 0 aliphatic rings. The number of ether oxygens (including phenoxy) is 1. The highest BCUT2D eigenvalue weighted by atomic mass is 16.6. The van der Waals surface area contributed by atoms with Crippen LogP contribution in [-0.4, -0.2) is 36.5 Å². The zero-order chi connectivity index (χ0) is 17.6. The molecule has 1 aromatic carbocycles. The molecule has 0 heterocycles. The van der Waals surface area contributed by atoms with E-state index in [9.17, 15) is 14.4 Å². The lowest BCUT2D eigenvalue weighted by molar-refractivity contribution is -0.116. The molecule has 2 amide bonds. The van der Waals surface area contributed by atoms with Gasteiger partial charge in [0.25, 0.3) is 0 Å². The first-order valence-corrected chi connectivity index (χ1v) is 7.46. The van der Waals surface area contributed by atoms with Crippen LogP contribution in [0.3, 0.4) is 0 Å². The number of carbonyl (C=O) groups excluding carboxylic acids is 3. The van der Waals surface area contributed by atoms with Gasteiger partial charge in [-0.3, -0.25) is 9.59 Å². The van der Waals surface area contributed by atoms with Crippen LogP contribution in [0.4, 0.5) is 10.5 Å². The minimum absolute atomic E-state index is 0.0301. The first kappa shape index (κ1) is 18.7. The van der Waals surface area contributed by atoms with Crippen molar-refractivity contribution in [3.8, 4) is 0 Å². The number of rotatable bonds is 5. The van der Waals surface area contributed by atoms with Crippen LogP contribution < -0.4 is 10.2 Å². The maximum Gasteiger partial charge on any atom is 0.407 e. The van der Waals surface area contributed by atoms with Crippen LogP contribution in [-0.2, 0) is 9.53 Å². The number of alkyl carbamates (subject to hydrolysis) is 1. The third-order valence-electron chi connectivity index (χ3n) is 2.97. The lowest BCUT2D eigenvalue weighted by atomic mass is 10.1. The summed E-state index contributed by atoms with van der Waals surface area (Å²) in [6.07, 6.45) is -0.520. The van der Waals surface area contributed by atoms with Crippen LogP contribution in [0.5, 0.6) is 0 Å². The van der Waals surface area contributed by atoms with Crippen LogP contribution in [0.25, 0.3) is 0 Å². The Kier molecular flexibility index (Phi) is 6.30. The predicted molar refractivity (Wildman–Crippen MR) is 88.7 cm³/mol. The molecule has 0 saturated carbocycles. The normalized spacial score (nSPS) is 10.8. The third-order valence-corrected chi connectivity index (χ3v) is 2.97. The molecule has 126 valence electrons. The zero-order valence-corrected chi connectivity index (χ0v) is 14.3. The third kappa shape index (κ3) is 6.50. The van der Waals surface area contributed by atoms with E-state index in [2.05, 4.69) is 5.32 Å². The van der Waals surface area contributed by atoms with Gasteiger partial charge in [0.05, 0.1) is 0 Å². The highest BCUT2D eigenvalue weighted by Crippen LogP contribution is 2.15. The Labute approximate surface area is 136 Å². The molecular weight excluding hydrogens is 296 g/mol. The van der Waals surface area contributed by atoms with Gasteiger partial charge < -0.3 is 15.0 Å². The smallest absolute Gasteiger partial charge is 0.407 e. The van der Waals surface area contributed by atoms with Gasteiger partial charge in [0.15, 0.2) is 5.78 Å². The average molecular weight is 320 g/mol. The fraction of sp³-hybridized carbons (Fsp3) is 0.471. The van der Waals surface area contributed by atoms with Crippen molar-refractivity contribution in [2.45, 2.75) is 40.2 Å². The molecule has 0 aliphatic carbocycles. The fourth-order valence-corrected chi connectivity index (χ4v) is 1.93. The van der Waals surface area contributed by atoms with Crippen molar-refractivity contribution >= 4 is 23.5 Å². The Bertz CT molecular complexity index is 573. The van der Waals surface area contributed by atoms with E-state index in [1.165, 1.54) is 18.7 Å². The first-order chi connectivity index (χ1) is 10.6. The number of hydrogen-bond acceptors (Lipinski definition) is 4. The standard InChI is InChI=1S/C17H24N2O4/c1-12(20)14-6-8-15(9-7-14)19(13(2)21)11-10-18-16(22)23-17(3,4)5/h6-9H,10-11H2,1-5H3,(H,18,22). The number of hydrogen-bond donors (Lipinski definition) is 1. The number of nitrogens with one attached hydrogen (secondary N) is 1. The molecule has 0 atom stereocenters. The summed E-state index contributed by atoms with van der Waals surface area (Å²) in [6.45, 7) is 8.87. The van der Waals surface area contributed by atoms with Crippen molar-refractivity contribution in [1.29, 1.82) is 0 Å². The molecule has 0 saturated heterocycles. The number of amides is 2. The van der Waals surface area contributed by atoms with Crippen LogP contribution >= 0.6 is 0 Å². The topological polar surface area (TPSA) is 75.7 Å². The quantitative estimate of drug-likeness (QED) is 0.846. The second kappa shape index (κ2) is 7.76. The summed E-state index contributed by atoms with van der Waals surface area (Å²) >= 11 is 0. The Morgan fingerprint density at radius 1 is 1.09 bits per heavy atom. The van der Waals surface area contributed by atoms with Crippen LogP contribution in [0.1, 0.15) is 45.0 Å². The lowest BCUT2D eigenvalue weighted by Crippen LogP contribution is -2.39. The number of nitrogens with zero attached hydrogens (tertiary/aromatic N) is 1. The number of anilines is 1. The molecule has 0 unspecified atom stereocenters. The van der Waals surface area contributed by atoms with Crippen molar-refractivity contribution in [3.05, 3.63) is 29.8 Å². The van der Waals surface area contributed by atoms with Crippen molar-refractivity contribution in [1.82, 2.24) is 5.32 Å². The molecule has 0 radical (unpaired) electrons. The van der Waals surface area contributed by atoms with E-state index in [1.807, 2.05) is 0 Å². The van der Waals surface area contributed by atoms with Gasteiger partial charge in [0.1, 0.15) is 5.60 Å². The second-order valence-corrected chi connectivity index (χ2v) is 6.20. The van der Waals surface area contributed by atoms with E-state index in [-0.39, 0.29) is 18.2 Å². The number of benzene rings is 1. The summed E-state index contributed by atoms with van der Waals surface area (Å²) in [5, 5.41) is 2.61. The summed E-state index contributed by atoms with van der Waals surface area (Å²) in [5.74, 6) is -0.177. The van der Waals surface area contributed by atoms with E-state index in [1.54, 1.807) is 45.0 Å². The SMILES string of the molecule is CC(=O)c1ccc(N(CCNC(=O)OC(C)(C)C)C(C)=O)cc1. The Hall–Kier alpha value is -2.37. The van der Waals surface area contributed by atoms with Gasteiger partial charge in [-0.1, -0.05) is 0 Å². The summed E-state index contributed by atoms with van der Waals surface area (Å²) in [5.41, 5.74) is 0.699. The number of carbonyl (C=O) groups is 3. The van der Waals surface area contributed by atoms with Gasteiger partial charge >= 0.3 is 6.09 Å². The van der Waals surface area contributed by atoms with Gasteiger partial charge in [-0.15, -0.1) is 0 Å². The molecule has 0 aromatic heterocycles. The molecule has 23 heavy (non-hydrogen) atoms. The largest absolute Gasteiger partial charge is 0.444 e. The minimum atomic E-state index is -0.563. The van der Waals surface area contributed by atoms with Gasteiger partial charge in [-0.25, -0.2) is 4.79 Å². The first-order valence-electron chi connectivity index (χ1n) is 7.46. The zero-order valence-electron chi connectivity index (χ0n) is 14.3. The van der Waals surface area contributed by atoms with E-state index in [0.717, 1.165) is 0 Å². The van der Waals surface area contributed by atoms with E-state index in [0.29, 0.717) is 17.8 Å². The molecule has 6 nitrogen and oxygen atoms in total. The monoisotopic (exact) mass is 320 g/mol. The summed E-state index contributed by atoms with van der Waals surface area (Å²) in [7, 11) is 0. The molecule has 0 fully saturated rings. The number of ketones is 1. The maximum absolute atomic E-state index is 11.8. The summed E-state index contributed by atoms with van der Waals surface area (Å²) in [6, 6.07) is 6.78.